The molecule has 4 aromatic rings. The molecule has 0 atom stereocenters. The largest absolute Gasteiger partial charge is 0.330 e. The first-order valence-electron chi connectivity index (χ1n) is 10.6. The summed E-state index contributed by atoms with van der Waals surface area (Å²) in [7, 11) is 0. The van der Waals surface area contributed by atoms with Crippen LogP contribution in [0.15, 0.2) is 85.3 Å². The first-order valence-corrected chi connectivity index (χ1v) is 10.6. The van der Waals surface area contributed by atoms with E-state index in [4.69, 9.17) is 5.26 Å². The van der Waals surface area contributed by atoms with Crippen LogP contribution in [-0.4, -0.2) is 16.1 Å². The van der Waals surface area contributed by atoms with E-state index in [1.807, 2.05) is 36.8 Å². The summed E-state index contributed by atoms with van der Waals surface area (Å²) < 4.78 is 2.19. The van der Waals surface area contributed by atoms with Crippen molar-refractivity contribution in [1.82, 2.24) is 14.9 Å². The minimum atomic E-state index is 0. The number of rotatable bonds is 8. The second-order valence-corrected chi connectivity index (χ2v) is 7.63. The van der Waals surface area contributed by atoms with E-state index in [0.717, 1.165) is 31.7 Å². The maximum Gasteiger partial charge on any atom is 0.0991 e. The Morgan fingerprint density at radius 3 is 2.38 bits per heavy atom. The zero-order valence-electron chi connectivity index (χ0n) is 18.2. The second kappa shape index (κ2) is 11.3. The molecule has 162 valence electrons. The molecule has 1 heterocycles. The molecule has 0 spiro atoms. The molecule has 0 aliphatic rings. The van der Waals surface area contributed by atoms with Gasteiger partial charge in [0.25, 0.3) is 0 Å². The molecule has 0 radical (unpaired) electrons. The molecule has 0 aliphatic heterocycles. The van der Waals surface area contributed by atoms with E-state index in [1.54, 1.807) is 0 Å². The van der Waals surface area contributed by atoms with Gasteiger partial charge in [0.05, 0.1) is 18.0 Å². The van der Waals surface area contributed by atoms with Crippen LogP contribution in [0.2, 0.25) is 0 Å². The van der Waals surface area contributed by atoms with Crippen LogP contribution in [0.25, 0.3) is 11.1 Å². The third kappa shape index (κ3) is 5.64. The van der Waals surface area contributed by atoms with Crippen molar-refractivity contribution in [3.05, 3.63) is 113 Å². The standard InChI is InChI=1S/C27H26N4.ClH/c1-2-29-17-25-5-3-4-6-27(25)24-13-11-23(12-14-24)19-31-20-30-18-26(31)15-21-7-9-22(16-28)10-8-21;/h3-14,18,20,29H,2,15,17,19H2,1H3;1H. The van der Waals surface area contributed by atoms with Crippen molar-refractivity contribution in [2.24, 2.45) is 0 Å². The molecular weight excluding hydrogens is 416 g/mol. The summed E-state index contributed by atoms with van der Waals surface area (Å²) in [6, 6.07) is 27.3. The highest BCUT2D eigenvalue weighted by molar-refractivity contribution is 5.85. The fraction of sp³-hybridized carbons (Fsp3) is 0.185. The molecule has 32 heavy (non-hydrogen) atoms. The van der Waals surface area contributed by atoms with Crippen molar-refractivity contribution >= 4 is 12.4 Å². The van der Waals surface area contributed by atoms with Gasteiger partial charge in [-0.1, -0.05) is 67.6 Å². The quantitative estimate of drug-likeness (QED) is 0.387. The minimum Gasteiger partial charge on any atom is -0.330 e. The maximum atomic E-state index is 8.97. The van der Waals surface area contributed by atoms with E-state index in [1.165, 1.54) is 27.8 Å². The third-order valence-corrected chi connectivity index (χ3v) is 5.47. The smallest absolute Gasteiger partial charge is 0.0991 e. The van der Waals surface area contributed by atoms with Gasteiger partial charge in [-0.05, 0) is 46.5 Å². The molecule has 1 N–H and O–H groups in total. The van der Waals surface area contributed by atoms with E-state index < -0.39 is 0 Å². The van der Waals surface area contributed by atoms with Crippen molar-refractivity contribution in [2.75, 3.05) is 6.54 Å². The number of nitriles is 1. The zero-order chi connectivity index (χ0) is 21.5. The van der Waals surface area contributed by atoms with Crippen molar-refractivity contribution in [3.63, 3.8) is 0 Å². The number of nitrogens with one attached hydrogen (secondary N) is 1. The van der Waals surface area contributed by atoms with E-state index in [-0.39, 0.29) is 12.4 Å². The molecule has 0 amide bonds. The Labute approximate surface area is 196 Å². The molecule has 5 heteroatoms. The van der Waals surface area contributed by atoms with Gasteiger partial charge in [-0.15, -0.1) is 12.4 Å². The predicted octanol–water partition coefficient (Wildman–Crippen LogP) is 5.59. The van der Waals surface area contributed by atoms with Crippen LogP contribution >= 0.6 is 12.4 Å². The SMILES string of the molecule is CCNCc1ccccc1-c1ccc(Cn2cncc2Cc2ccc(C#N)cc2)cc1.Cl. The van der Waals surface area contributed by atoms with Crippen molar-refractivity contribution < 1.29 is 0 Å². The second-order valence-electron chi connectivity index (χ2n) is 7.63. The topological polar surface area (TPSA) is 53.6 Å². The maximum absolute atomic E-state index is 8.97. The molecule has 3 aromatic carbocycles. The van der Waals surface area contributed by atoms with Gasteiger partial charge in [0.1, 0.15) is 0 Å². The lowest BCUT2D eigenvalue weighted by Gasteiger charge is -2.12. The Morgan fingerprint density at radius 1 is 0.938 bits per heavy atom. The summed E-state index contributed by atoms with van der Waals surface area (Å²) in [6.45, 7) is 4.75. The molecular formula is C27H27ClN4. The fourth-order valence-corrected chi connectivity index (χ4v) is 3.75. The Kier molecular flexibility index (Phi) is 8.21. The molecule has 0 unspecified atom stereocenters. The van der Waals surface area contributed by atoms with Gasteiger partial charge in [0, 0.05) is 31.4 Å². The summed E-state index contributed by atoms with van der Waals surface area (Å²) in [4.78, 5) is 4.36. The first-order chi connectivity index (χ1) is 15.3. The van der Waals surface area contributed by atoms with Gasteiger partial charge in [-0.2, -0.15) is 5.26 Å². The number of nitrogens with zero attached hydrogens (tertiary/aromatic N) is 3. The van der Waals surface area contributed by atoms with Gasteiger partial charge < -0.3 is 9.88 Å². The van der Waals surface area contributed by atoms with Crippen LogP contribution < -0.4 is 5.32 Å². The molecule has 0 aliphatic carbocycles. The molecule has 0 saturated carbocycles. The number of aromatic nitrogens is 2. The number of hydrogen-bond acceptors (Lipinski definition) is 3. The molecule has 1 aromatic heterocycles. The van der Waals surface area contributed by atoms with E-state index in [2.05, 4.69) is 76.4 Å². The van der Waals surface area contributed by atoms with Crippen molar-refractivity contribution in [2.45, 2.75) is 26.4 Å². The number of hydrogen-bond donors (Lipinski definition) is 1. The molecule has 4 rings (SSSR count). The lowest BCUT2D eigenvalue weighted by Crippen LogP contribution is -2.12. The Bertz CT molecular complexity index is 1170. The number of halogens is 1. The third-order valence-electron chi connectivity index (χ3n) is 5.47. The van der Waals surface area contributed by atoms with E-state index in [0.29, 0.717) is 5.56 Å². The summed E-state index contributed by atoms with van der Waals surface area (Å²) in [5.41, 5.74) is 8.09. The molecule has 0 fully saturated rings. The van der Waals surface area contributed by atoms with Crippen molar-refractivity contribution in [1.29, 1.82) is 5.26 Å². The lowest BCUT2D eigenvalue weighted by atomic mass is 9.98. The first kappa shape index (κ1) is 23.3. The van der Waals surface area contributed by atoms with Crippen LogP contribution in [0, 0.1) is 11.3 Å². The highest BCUT2D eigenvalue weighted by Gasteiger charge is 2.07. The Balaban J connectivity index is 0.00000289. The van der Waals surface area contributed by atoms with Gasteiger partial charge in [-0.25, -0.2) is 4.98 Å². The summed E-state index contributed by atoms with van der Waals surface area (Å²) >= 11 is 0. The van der Waals surface area contributed by atoms with Gasteiger partial charge >= 0.3 is 0 Å². The van der Waals surface area contributed by atoms with Crippen LogP contribution in [0.3, 0.4) is 0 Å². The number of benzene rings is 3. The molecule has 0 bridgehead atoms. The van der Waals surface area contributed by atoms with Crippen LogP contribution in [0.1, 0.15) is 34.9 Å². The average Bonchev–Trinajstić information content (AvgIpc) is 3.25. The number of imidazole rings is 1. The van der Waals surface area contributed by atoms with Crippen molar-refractivity contribution in [3.8, 4) is 17.2 Å². The van der Waals surface area contributed by atoms with E-state index >= 15 is 0 Å². The molecule has 0 saturated heterocycles. The van der Waals surface area contributed by atoms with Gasteiger partial charge in [0.15, 0.2) is 0 Å². The predicted molar refractivity (Wildman–Crippen MR) is 132 cm³/mol. The summed E-state index contributed by atoms with van der Waals surface area (Å²) in [5.74, 6) is 0. The highest BCUT2D eigenvalue weighted by atomic mass is 35.5. The van der Waals surface area contributed by atoms with Crippen LogP contribution in [0.4, 0.5) is 0 Å². The zero-order valence-corrected chi connectivity index (χ0v) is 19.0. The normalized spacial score (nSPS) is 10.4. The highest BCUT2D eigenvalue weighted by Crippen LogP contribution is 2.24. The minimum absolute atomic E-state index is 0. The van der Waals surface area contributed by atoms with Crippen LogP contribution in [0.5, 0.6) is 0 Å². The molecule has 4 nitrogen and oxygen atoms in total. The van der Waals surface area contributed by atoms with Gasteiger partial charge in [-0.3, -0.25) is 0 Å². The fourth-order valence-electron chi connectivity index (χ4n) is 3.75. The van der Waals surface area contributed by atoms with Gasteiger partial charge in [0.2, 0.25) is 0 Å². The summed E-state index contributed by atoms with van der Waals surface area (Å²) in [6.07, 6.45) is 4.60. The lowest BCUT2D eigenvalue weighted by molar-refractivity contribution is 0.728. The average molecular weight is 443 g/mol. The summed E-state index contributed by atoms with van der Waals surface area (Å²) in [5, 5.41) is 12.4. The monoisotopic (exact) mass is 442 g/mol. The Hall–Kier alpha value is -3.39. The van der Waals surface area contributed by atoms with E-state index in [9.17, 15) is 0 Å². The Morgan fingerprint density at radius 2 is 1.66 bits per heavy atom. The van der Waals surface area contributed by atoms with Crippen LogP contribution in [-0.2, 0) is 19.5 Å².